The van der Waals surface area contributed by atoms with Crippen LogP contribution in [0.1, 0.15) is 20.3 Å². The molecule has 0 bridgehead atoms. The number of hydrogen-bond acceptors (Lipinski definition) is 4. The van der Waals surface area contributed by atoms with E-state index in [1.165, 1.54) is 0 Å². The molecule has 1 amide bonds. The summed E-state index contributed by atoms with van der Waals surface area (Å²) in [5.74, 6) is 0.0806. The number of nitrogens with one attached hydrogen (secondary N) is 2. The molecule has 0 atom stereocenters. The van der Waals surface area contributed by atoms with Gasteiger partial charge >= 0.3 is 0 Å². The third kappa shape index (κ3) is 6.00. The maximum atomic E-state index is 11.8. The minimum absolute atomic E-state index is 0.0806. The zero-order valence-corrected chi connectivity index (χ0v) is 11.2. The van der Waals surface area contributed by atoms with E-state index in [0.717, 1.165) is 32.6 Å². The van der Waals surface area contributed by atoms with Gasteiger partial charge in [0.1, 0.15) is 0 Å². The van der Waals surface area contributed by atoms with E-state index in [-0.39, 0.29) is 11.5 Å². The van der Waals surface area contributed by atoms with Gasteiger partial charge in [0.15, 0.2) is 0 Å². The number of carbonyl (C=O) groups is 1. The third-order valence-corrected chi connectivity index (χ3v) is 3.06. The summed E-state index contributed by atoms with van der Waals surface area (Å²) in [6, 6.07) is 0. The number of ether oxygens (including phenoxy) is 1. The van der Waals surface area contributed by atoms with E-state index >= 15 is 0 Å². The summed E-state index contributed by atoms with van der Waals surface area (Å²) >= 11 is 0. The summed E-state index contributed by atoms with van der Waals surface area (Å²) in [5.41, 5.74) is -0.296. The van der Waals surface area contributed by atoms with Crippen LogP contribution < -0.4 is 10.6 Å². The van der Waals surface area contributed by atoms with Gasteiger partial charge in [-0.05, 0) is 33.4 Å². The van der Waals surface area contributed by atoms with Crippen LogP contribution >= 0.6 is 0 Å². The van der Waals surface area contributed by atoms with Gasteiger partial charge in [-0.2, -0.15) is 0 Å². The molecule has 0 saturated carbocycles. The van der Waals surface area contributed by atoms with Crippen LogP contribution in [-0.4, -0.2) is 62.8 Å². The molecule has 1 heterocycles. The quantitative estimate of drug-likeness (QED) is 0.703. The molecule has 17 heavy (non-hydrogen) atoms. The van der Waals surface area contributed by atoms with E-state index in [2.05, 4.69) is 15.5 Å². The van der Waals surface area contributed by atoms with Crippen LogP contribution in [0.3, 0.4) is 0 Å². The normalized spacial score (nSPS) is 18.8. The Morgan fingerprint density at radius 1 is 1.41 bits per heavy atom. The Balaban J connectivity index is 2.24. The molecule has 1 rings (SSSR count). The first kappa shape index (κ1) is 14.4. The smallest absolute Gasteiger partial charge is 0.234 e. The topological polar surface area (TPSA) is 53.6 Å². The van der Waals surface area contributed by atoms with Crippen molar-refractivity contribution in [3.63, 3.8) is 0 Å². The van der Waals surface area contributed by atoms with Crippen molar-refractivity contribution in [2.24, 2.45) is 0 Å². The van der Waals surface area contributed by atoms with E-state index in [4.69, 9.17) is 4.74 Å². The Labute approximate surface area is 104 Å². The van der Waals surface area contributed by atoms with Crippen molar-refractivity contribution in [3.05, 3.63) is 0 Å². The standard InChI is InChI=1S/C12H25N3O2/c1-12(2,17-3)10-14-11(16)9-15-7-4-5-13-6-8-15/h13H,4-10H2,1-3H3,(H,14,16). The summed E-state index contributed by atoms with van der Waals surface area (Å²) in [6.45, 7) is 8.92. The van der Waals surface area contributed by atoms with Crippen LogP contribution in [0.5, 0.6) is 0 Å². The second-order valence-corrected chi connectivity index (χ2v) is 5.12. The fraction of sp³-hybridized carbons (Fsp3) is 0.917. The summed E-state index contributed by atoms with van der Waals surface area (Å²) in [4.78, 5) is 13.9. The molecule has 5 nitrogen and oxygen atoms in total. The molecular weight excluding hydrogens is 218 g/mol. The number of rotatable bonds is 5. The molecule has 0 aromatic heterocycles. The van der Waals surface area contributed by atoms with Crippen molar-refractivity contribution in [2.75, 3.05) is 46.4 Å². The second kappa shape index (κ2) is 6.93. The van der Waals surface area contributed by atoms with Gasteiger partial charge < -0.3 is 15.4 Å². The molecule has 1 saturated heterocycles. The van der Waals surface area contributed by atoms with Crippen molar-refractivity contribution >= 4 is 5.91 Å². The lowest BCUT2D eigenvalue weighted by Crippen LogP contribution is -2.44. The average Bonchev–Trinajstić information content (AvgIpc) is 2.55. The Hall–Kier alpha value is -0.650. The molecular formula is C12H25N3O2. The average molecular weight is 243 g/mol. The number of carbonyl (C=O) groups excluding carboxylic acids is 1. The molecule has 0 aliphatic carbocycles. The number of methoxy groups -OCH3 is 1. The monoisotopic (exact) mass is 243 g/mol. The lowest BCUT2D eigenvalue weighted by molar-refractivity contribution is -0.123. The van der Waals surface area contributed by atoms with Crippen molar-refractivity contribution in [1.82, 2.24) is 15.5 Å². The first-order chi connectivity index (χ1) is 8.03. The zero-order chi connectivity index (χ0) is 12.7. The molecule has 0 aromatic carbocycles. The Bertz CT molecular complexity index is 236. The van der Waals surface area contributed by atoms with Crippen molar-refractivity contribution < 1.29 is 9.53 Å². The highest BCUT2D eigenvalue weighted by molar-refractivity contribution is 5.78. The molecule has 1 aliphatic rings. The highest BCUT2D eigenvalue weighted by Crippen LogP contribution is 2.04. The van der Waals surface area contributed by atoms with Crippen LogP contribution in [0, 0.1) is 0 Å². The molecule has 2 N–H and O–H groups in total. The highest BCUT2D eigenvalue weighted by Gasteiger charge is 2.18. The molecule has 1 fully saturated rings. The predicted octanol–water partition coefficient (Wildman–Crippen LogP) is -0.177. The molecule has 1 aliphatic heterocycles. The fourth-order valence-corrected chi connectivity index (χ4v) is 1.70. The van der Waals surface area contributed by atoms with Crippen LogP contribution in [0.4, 0.5) is 0 Å². The van der Waals surface area contributed by atoms with Crippen molar-refractivity contribution in [2.45, 2.75) is 25.9 Å². The van der Waals surface area contributed by atoms with E-state index in [9.17, 15) is 4.79 Å². The van der Waals surface area contributed by atoms with E-state index in [1.54, 1.807) is 7.11 Å². The van der Waals surface area contributed by atoms with Crippen LogP contribution in [0.25, 0.3) is 0 Å². The van der Waals surface area contributed by atoms with Gasteiger partial charge in [-0.15, -0.1) is 0 Å². The van der Waals surface area contributed by atoms with Gasteiger partial charge in [0.25, 0.3) is 0 Å². The first-order valence-corrected chi connectivity index (χ1v) is 6.28. The lowest BCUT2D eigenvalue weighted by Gasteiger charge is -2.24. The van der Waals surface area contributed by atoms with Gasteiger partial charge in [0.2, 0.25) is 5.91 Å². The van der Waals surface area contributed by atoms with Gasteiger partial charge in [-0.1, -0.05) is 0 Å². The minimum atomic E-state index is -0.296. The van der Waals surface area contributed by atoms with Crippen LogP contribution in [0.15, 0.2) is 0 Å². The maximum absolute atomic E-state index is 11.8. The highest BCUT2D eigenvalue weighted by atomic mass is 16.5. The van der Waals surface area contributed by atoms with Gasteiger partial charge in [-0.25, -0.2) is 0 Å². The Morgan fingerprint density at radius 2 is 2.18 bits per heavy atom. The van der Waals surface area contributed by atoms with Crippen LogP contribution in [-0.2, 0) is 9.53 Å². The molecule has 100 valence electrons. The van der Waals surface area contributed by atoms with E-state index in [1.807, 2.05) is 13.8 Å². The largest absolute Gasteiger partial charge is 0.377 e. The molecule has 0 unspecified atom stereocenters. The number of nitrogens with zero attached hydrogens (tertiary/aromatic N) is 1. The molecule has 0 aromatic rings. The van der Waals surface area contributed by atoms with Gasteiger partial charge in [-0.3, -0.25) is 9.69 Å². The summed E-state index contributed by atoms with van der Waals surface area (Å²) in [5, 5.41) is 6.24. The van der Waals surface area contributed by atoms with Crippen LogP contribution in [0.2, 0.25) is 0 Å². The Morgan fingerprint density at radius 3 is 2.88 bits per heavy atom. The first-order valence-electron chi connectivity index (χ1n) is 6.28. The summed E-state index contributed by atoms with van der Waals surface area (Å²) in [7, 11) is 1.66. The Kier molecular flexibility index (Phi) is 5.88. The predicted molar refractivity (Wildman–Crippen MR) is 68.0 cm³/mol. The lowest BCUT2D eigenvalue weighted by atomic mass is 10.1. The summed E-state index contributed by atoms with van der Waals surface area (Å²) < 4.78 is 5.26. The molecule has 5 heteroatoms. The second-order valence-electron chi connectivity index (χ2n) is 5.12. The van der Waals surface area contributed by atoms with E-state index in [0.29, 0.717) is 13.1 Å². The van der Waals surface area contributed by atoms with E-state index < -0.39 is 0 Å². The number of hydrogen-bond donors (Lipinski definition) is 2. The number of amides is 1. The third-order valence-electron chi connectivity index (χ3n) is 3.06. The van der Waals surface area contributed by atoms with Gasteiger partial charge in [0.05, 0.1) is 12.1 Å². The van der Waals surface area contributed by atoms with Crippen molar-refractivity contribution in [3.8, 4) is 0 Å². The zero-order valence-electron chi connectivity index (χ0n) is 11.2. The molecule has 0 radical (unpaired) electrons. The van der Waals surface area contributed by atoms with Gasteiger partial charge in [0, 0.05) is 26.7 Å². The fourth-order valence-electron chi connectivity index (χ4n) is 1.70. The summed E-state index contributed by atoms with van der Waals surface area (Å²) in [6.07, 6.45) is 1.11. The minimum Gasteiger partial charge on any atom is -0.377 e. The SMILES string of the molecule is COC(C)(C)CNC(=O)CN1CCCNCC1. The maximum Gasteiger partial charge on any atom is 0.234 e. The molecule has 0 spiro atoms. The van der Waals surface area contributed by atoms with Crippen molar-refractivity contribution in [1.29, 1.82) is 0 Å².